The Kier molecular flexibility index (Phi) is 7.68. The molecule has 0 heterocycles. The monoisotopic (exact) mass is 704 g/mol. The summed E-state index contributed by atoms with van der Waals surface area (Å²) in [4.78, 5) is 0. The van der Waals surface area contributed by atoms with E-state index in [1.54, 1.807) is 0 Å². The minimum absolute atomic E-state index is 0.0265. The van der Waals surface area contributed by atoms with Crippen molar-refractivity contribution in [2.75, 3.05) is 0 Å². The molecule has 0 amide bonds. The van der Waals surface area contributed by atoms with E-state index in [1.807, 2.05) is 0 Å². The smallest absolute Gasteiger partial charge is 0.0346 e. The number of fused-ring (bicyclic) bond motifs is 6. The summed E-state index contributed by atoms with van der Waals surface area (Å²) in [6, 6.07) is 70.3. The Balaban J connectivity index is 1.04. The number of hydrogen-bond acceptors (Lipinski definition) is 0. The molecular formula is C55H44. The number of rotatable bonds is 6. The molecule has 8 aromatic rings. The predicted molar refractivity (Wildman–Crippen MR) is 232 cm³/mol. The summed E-state index contributed by atoms with van der Waals surface area (Å²) < 4.78 is 0. The standard InChI is InChI=1S/C55H44/c1-54(2)49-20-12-10-17-44(49)46-32-30-41(34-51(46)54)36-22-26-39(27-23-36)53(48-19-9-8-16-43(48)38-14-6-5-7-15-38)40-28-24-37(25-29-40)42-31-33-47-45-18-11-13-21-50(45)55(3,4)52(47)35-42/h5-35,53H,1-4H3. The van der Waals surface area contributed by atoms with Gasteiger partial charge in [-0.15, -0.1) is 0 Å². The largest absolute Gasteiger partial charge is 0.0622 e. The van der Waals surface area contributed by atoms with Crippen molar-refractivity contribution < 1.29 is 0 Å². The summed E-state index contributed by atoms with van der Waals surface area (Å²) >= 11 is 0. The van der Waals surface area contributed by atoms with Gasteiger partial charge in [0.25, 0.3) is 0 Å². The van der Waals surface area contributed by atoms with E-state index in [0.717, 1.165) is 0 Å². The molecule has 0 unspecified atom stereocenters. The van der Waals surface area contributed by atoms with Gasteiger partial charge in [-0.3, -0.25) is 0 Å². The maximum Gasteiger partial charge on any atom is 0.0346 e. The first-order valence-electron chi connectivity index (χ1n) is 19.6. The summed E-state index contributed by atoms with van der Waals surface area (Å²) in [6.07, 6.45) is 0. The molecule has 0 fully saturated rings. The third-order valence-electron chi connectivity index (χ3n) is 12.7. The van der Waals surface area contributed by atoms with Crippen LogP contribution in [0.4, 0.5) is 0 Å². The average molecular weight is 705 g/mol. The topological polar surface area (TPSA) is 0 Å². The van der Waals surface area contributed by atoms with Gasteiger partial charge in [-0.25, -0.2) is 0 Å². The second-order valence-corrected chi connectivity index (χ2v) is 16.5. The van der Waals surface area contributed by atoms with Crippen LogP contribution in [0.2, 0.25) is 0 Å². The van der Waals surface area contributed by atoms with Gasteiger partial charge in [-0.05, 0) is 107 Å². The lowest BCUT2D eigenvalue weighted by Crippen LogP contribution is -2.14. The van der Waals surface area contributed by atoms with Gasteiger partial charge in [0.15, 0.2) is 0 Å². The lowest BCUT2D eigenvalue weighted by molar-refractivity contribution is 0.660. The molecule has 2 aliphatic carbocycles. The third kappa shape index (κ3) is 5.35. The van der Waals surface area contributed by atoms with Gasteiger partial charge in [-0.2, -0.15) is 0 Å². The molecule has 0 bridgehead atoms. The first-order chi connectivity index (χ1) is 26.8. The van der Waals surface area contributed by atoms with Crippen LogP contribution in [0.25, 0.3) is 55.6 Å². The average Bonchev–Trinajstić information content (AvgIpc) is 3.61. The predicted octanol–water partition coefficient (Wildman–Crippen LogP) is 14.5. The van der Waals surface area contributed by atoms with Gasteiger partial charge < -0.3 is 0 Å². The maximum atomic E-state index is 2.42. The minimum atomic E-state index is -0.0265. The molecule has 264 valence electrons. The second-order valence-electron chi connectivity index (χ2n) is 16.5. The van der Waals surface area contributed by atoms with E-state index < -0.39 is 0 Å². The summed E-state index contributed by atoms with van der Waals surface area (Å²) in [7, 11) is 0. The fourth-order valence-electron chi connectivity index (χ4n) is 9.68. The first kappa shape index (κ1) is 33.3. The van der Waals surface area contributed by atoms with E-state index in [1.165, 1.54) is 94.6 Å². The maximum absolute atomic E-state index is 2.42. The summed E-state index contributed by atoms with van der Waals surface area (Å²) in [5.74, 6) is 0.0569. The van der Waals surface area contributed by atoms with Crippen molar-refractivity contribution in [2.24, 2.45) is 0 Å². The van der Waals surface area contributed by atoms with E-state index in [2.05, 4.69) is 216 Å². The van der Waals surface area contributed by atoms with Crippen LogP contribution in [0.3, 0.4) is 0 Å². The molecule has 0 aliphatic heterocycles. The summed E-state index contributed by atoms with van der Waals surface area (Å²) in [5, 5.41) is 0. The van der Waals surface area contributed by atoms with Gasteiger partial charge in [0.1, 0.15) is 0 Å². The molecule has 0 nitrogen and oxygen atoms in total. The lowest BCUT2D eigenvalue weighted by atomic mass is 9.80. The Morgan fingerprint density at radius 2 is 0.673 bits per heavy atom. The van der Waals surface area contributed by atoms with Gasteiger partial charge in [-0.1, -0.05) is 204 Å². The third-order valence-corrected chi connectivity index (χ3v) is 12.7. The summed E-state index contributed by atoms with van der Waals surface area (Å²) in [6.45, 7) is 9.42. The molecule has 55 heavy (non-hydrogen) atoms. The highest BCUT2D eigenvalue weighted by Gasteiger charge is 2.36. The fraction of sp³-hybridized carbons (Fsp3) is 0.127. The van der Waals surface area contributed by atoms with Crippen LogP contribution in [-0.4, -0.2) is 0 Å². The van der Waals surface area contributed by atoms with E-state index in [-0.39, 0.29) is 16.7 Å². The SMILES string of the molecule is CC1(C)c2ccccc2-c2ccc(-c3ccc(C(c4ccc(-c5ccc6c(c5)C(C)(C)c5ccccc5-6)cc4)c4ccccc4-c4ccccc4)cc3)cc21. The summed E-state index contributed by atoms with van der Waals surface area (Å²) in [5.41, 5.74) is 22.4. The van der Waals surface area contributed by atoms with Crippen molar-refractivity contribution in [2.45, 2.75) is 44.4 Å². The Morgan fingerprint density at radius 1 is 0.291 bits per heavy atom. The highest BCUT2D eigenvalue weighted by molar-refractivity contribution is 5.85. The fourth-order valence-corrected chi connectivity index (χ4v) is 9.68. The normalized spacial score (nSPS) is 14.3. The van der Waals surface area contributed by atoms with Gasteiger partial charge >= 0.3 is 0 Å². The lowest BCUT2D eigenvalue weighted by Gasteiger charge is -2.24. The second kappa shape index (κ2) is 12.7. The Labute approximate surface area is 325 Å². The highest BCUT2D eigenvalue weighted by atomic mass is 14.4. The molecule has 0 atom stereocenters. The number of hydrogen-bond donors (Lipinski definition) is 0. The molecule has 10 rings (SSSR count). The van der Waals surface area contributed by atoms with Crippen molar-refractivity contribution in [1.29, 1.82) is 0 Å². The Hall–Kier alpha value is -6.24. The van der Waals surface area contributed by atoms with Gasteiger partial charge in [0.2, 0.25) is 0 Å². The highest BCUT2D eigenvalue weighted by Crippen LogP contribution is 2.51. The minimum Gasteiger partial charge on any atom is -0.0622 e. The van der Waals surface area contributed by atoms with Crippen LogP contribution in [0, 0.1) is 0 Å². The van der Waals surface area contributed by atoms with E-state index >= 15 is 0 Å². The van der Waals surface area contributed by atoms with Crippen molar-refractivity contribution in [3.05, 3.63) is 227 Å². The van der Waals surface area contributed by atoms with E-state index in [9.17, 15) is 0 Å². The van der Waals surface area contributed by atoms with Crippen LogP contribution >= 0.6 is 0 Å². The van der Waals surface area contributed by atoms with Gasteiger partial charge in [0.05, 0.1) is 0 Å². The molecule has 0 saturated carbocycles. The molecule has 0 radical (unpaired) electrons. The van der Waals surface area contributed by atoms with Crippen molar-refractivity contribution in [3.8, 4) is 55.6 Å². The molecular weight excluding hydrogens is 661 g/mol. The first-order valence-corrected chi connectivity index (χ1v) is 19.6. The zero-order valence-electron chi connectivity index (χ0n) is 32.0. The van der Waals surface area contributed by atoms with Crippen LogP contribution in [0.1, 0.15) is 72.6 Å². The quantitative estimate of drug-likeness (QED) is 0.151. The van der Waals surface area contributed by atoms with Crippen molar-refractivity contribution in [1.82, 2.24) is 0 Å². The van der Waals surface area contributed by atoms with E-state index in [4.69, 9.17) is 0 Å². The van der Waals surface area contributed by atoms with E-state index in [0.29, 0.717) is 0 Å². The molecule has 8 aromatic carbocycles. The molecule has 0 heteroatoms. The van der Waals surface area contributed by atoms with Crippen LogP contribution in [0.5, 0.6) is 0 Å². The Bertz CT molecular complexity index is 2570. The zero-order valence-corrected chi connectivity index (χ0v) is 32.0. The molecule has 0 N–H and O–H groups in total. The van der Waals surface area contributed by atoms with Gasteiger partial charge in [0, 0.05) is 16.7 Å². The van der Waals surface area contributed by atoms with Crippen LogP contribution in [-0.2, 0) is 10.8 Å². The van der Waals surface area contributed by atoms with Crippen LogP contribution in [0.15, 0.2) is 188 Å². The molecule has 0 spiro atoms. The molecule has 0 aromatic heterocycles. The molecule has 2 aliphatic rings. The Morgan fingerprint density at radius 3 is 1.16 bits per heavy atom. The zero-order chi connectivity index (χ0) is 37.3. The number of benzene rings is 8. The van der Waals surface area contributed by atoms with Crippen LogP contribution < -0.4 is 0 Å². The molecule has 0 saturated heterocycles. The van der Waals surface area contributed by atoms with Crippen molar-refractivity contribution in [3.63, 3.8) is 0 Å². The van der Waals surface area contributed by atoms with Crippen molar-refractivity contribution >= 4 is 0 Å².